The zero-order valence-electron chi connectivity index (χ0n) is 7.22. The van der Waals surface area contributed by atoms with Crippen LogP contribution in [-0.2, 0) is 0 Å². The van der Waals surface area contributed by atoms with Gasteiger partial charge >= 0.3 is 0 Å². The molecule has 62 valence electrons. The van der Waals surface area contributed by atoms with E-state index in [1.165, 1.54) is 5.56 Å². The minimum Gasteiger partial charge on any atom is -0.463 e. The molecule has 0 aliphatic carbocycles. The normalized spacial score (nSPS) is 10.5. The van der Waals surface area contributed by atoms with Crippen LogP contribution in [0.1, 0.15) is 11.1 Å². The van der Waals surface area contributed by atoms with Crippen molar-refractivity contribution in [1.82, 2.24) is 4.98 Å². The molecule has 2 aromatic heterocycles. The molecular weight excluding hydrogens is 150 g/mol. The van der Waals surface area contributed by atoms with Gasteiger partial charge in [0.1, 0.15) is 0 Å². The van der Waals surface area contributed by atoms with Crippen LogP contribution in [0.3, 0.4) is 0 Å². The van der Waals surface area contributed by atoms with Gasteiger partial charge in [0.05, 0.1) is 12.0 Å². The first kappa shape index (κ1) is 7.22. The molecule has 2 rings (SSSR count). The largest absolute Gasteiger partial charge is 0.463 e. The van der Waals surface area contributed by atoms with Gasteiger partial charge in [0.15, 0.2) is 5.76 Å². The number of furan rings is 1. The summed E-state index contributed by atoms with van der Waals surface area (Å²) in [6, 6.07) is 4.04. The molecule has 0 atom stereocenters. The van der Waals surface area contributed by atoms with E-state index in [0.29, 0.717) is 0 Å². The van der Waals surface area contributed by atoms with Gasteiger partial charge in [-0.15, -0.1) is 0 Å². The third-order valence-electron chi connectivity index (χ3n) is 1.93. The number of rotatable bonds is 1. The van der Waals surface area contributed by atoms with Crippen molar-refractivity contribution in [3.05, 3.63) is 35.7 Å². The highest BCUT2D eigenvalue weighted by Gasteiger charge is 2.05. The third-order valence-corrected chi connectivity index (χ3v) is 1.93. The van der Waals surface area contributed by atoms with Crippen molar-refractivity contribution < 1.29 is 4.42 Å². The molecule has 2 nitrogen and oxygen atoms in total. The molecule has 2 heterocycles. The Labute approximate surface area is 71.2 Å². The quantitative estimate of drug-likeness (QED) is 0.684. The summed E-state index contributed by atoms with van der Waals surface area (Å²) in [6.45, 7) is 4.09. The molecule has 0 amide bonds. The summed E-state index contributed by atoms with van der Waals surface area (Å²) in [6.07, 6.45) is 3.68. The second-order valence-corrected chi connectivity index (χ2v) is 3.02. The summed E-state index contributed by atoms with van der Waals surface area (Å²) in [7, 11) is 0. The van der Waals surface area contributed by atoms with Crippen LogP contribution < -0.4 is 0 Å². The summed E-state index contributed by atoms with van der Waals surface area (Å²) in [4.78, 5) is 3.15. The Bertz CT molecular complexity index is 384. The van der Waals surface area contributed by atoms with Gasteiger partial charge in [-0.3, -0.25) is 0 Å². The Morgan fingerprint density at radius 2 is 2.17 bits per heavy atom. The maximum absolute atomic E-state index is 5.33. The molecule has 0 fully saturated rings. The van der Waals surface area contributed by atoms with E-state index >= 15 is 0 Å². The summed E-state index contributed by atoms with van der Waals surface area (Å²) < 4.78 is 5.33. The summed E-state index contributed by atoms with van der Waals surface area (Å²) in [5.41, 5.74) is 3.44. The van der Waals surface area contributed by atoms with Crippen molar-refractivity contribution >= 4 is 0 Å². The predicted octanol–water partition coefficient (Wildman–Crippen LogP) is 2.89. The van der Waals surface area contributed by atoms with Gasteiger partial charge < -0.3 is 9.40 Å². The smallest absolute Gasteiger partial charge is 0.152 e. The summed E-state index contributed by atoms with van der Waals surface area (Å²) >= 11 is 0. The van der Waals surface area contributed by atoms with Crippen LogP contribution in [0.25, 0.3) is 11.5 Å². The number of aromatic nitrogens is 1. The fraction of sp³-hybridized carbons (Fsp3) is 0.200. The number of nitrogens with one attached hydrogen (secondary N) is 1. The van der Waals surface area contributed by atoms with Crippen LogP contribution in [-0.4, -0.2) is 4.98 Å². The van der Waals surface area contributed by atoms with E-state index in [-0.39, 0.29) is 0 Å². The predicted molar refractivity (Wildman–Crippen MR) is 48.0 cm³/mol. The molecule has 0 radical (unpaired) electrons. The van der Waals surface area contributed by atoms with Crippen molar-refractivity contribution in [2.24, 2.45) is 0 Å². The van der Waals surface area contributed by atoms with E-state index in [2.05, 4.69) is 18.0 Å². The Morgan fingerprint density at radius 1 is 1.33 bits per heavy atom. The Kier molecular flexibility index (Phi) is 1.54. The standard InChI is InChI=1S/C10H11NO/c1-7-5-9(11-6-7)10-8(2)3-4-12-10/h3-6,11H,1-2H3. The van der Waals surface area contributed by atoms with E-state index in [9.17, 15) is 0 Å². The van der Waals surface area contributed by atoms with Crippen LogP contribution in [0, 0.1) is 13.8 Å². The molecule has 12 heavy (non-hydrogen) atoms. The SMILES string of the molecule is Cc1c[nH]c(-c2occc2C)c1. The zero-order valence-corrected chi connectivity index (χ0v) is 7.22. The van der Waals surface area contributed by atoms with Gasteiger partial charge in [-0.05, 0) is 37.1 Å². The van der Waals surface area contributed by atoms with Crippen LogP contribution in [0.4, 0.5) is 0 Å². The third kappa shape index (κ3) is 1.05. The van der Waals surface area contributed by atoms with Crippen molar-refractivity contribution in [2.45, 2.75) is 13.8 Å². The highest BCUT2D eigenvalue weighted by molar-refractivity contribution is 5.57. The van der Waals surface area contributed by atoms with Crippen LogP contribution in [0.15, 0.2) is 29.0 Å². The first-order valence-electron chi connectivity index (χ1n) is 3.97. The summed E-state index contributed by atoms with van der Waals surface area (Å²) in [5, 5.41) is 0. The topological polar surface area (TPSA) is 28.9 Å². The first-order chi connectivity index (χ1) is 5.77. The minimum atomic E-state index is 0.933. The van der Waals surface area contributed by atoms with Crippen molar-refractivity contribution in [2.75, 3.05) is 0 Å². The number of aryl methyl sites for hydroxylation is 2. The fourth-order valence-electron chi connectivity index (χ4n) is 1.28. The van der Waals surface area contributed by atoms with Crippen molar-refractivity contribution in [3.63, 3.8) is 0 Å². The van der Waals surface area contributed by atoms with Gasteiger partial charge in [-0.2, -0.15) is 0 Å². The number of hydrogen-bond donors (Lipinski definition) is 1. The molecule has 0 aliphatic rings. The van der Waals surface area contributed by atoms with Gasteiger partial charge in [0, 0.05) is 6.20 Å². The lowest BCUT2D eigenvalue weighted by atomic mass is 10.2. The molecule has 0 spiro atoms. The van der Waals surface area contributed by atoms with Crippen LogP contribution in [0.2, 0.25) is 0 Å². The Morgan fingerprint density at radius 3 is 2.67 bits per heavy atom. The average molecular weight is 161 g/mol. The van der Waals surface area contributed by atoms with E-state index in [4.69, 9.17) is 4.42 Å². The highest BCUT2D eigenvalue weighted by atomic mass is 16.3. The van der Waals surface area contributed by atoms with E-state index in [1.807, 2.05) is 19.2 Å². The monoisotopic (exact) mass is 161 g/mol. The molecule has 0 saturated heterocycles. The number of hydrogen-bond acceptors (Lipinski definition) is 1. The molecular formula is C10H11NO. The molecule has 0 aliphatic heterocycles. The second-order valence-electron chi connectivity index (χ2n) is 3.02. The molecule has 0 saturated carbocycles. The molecule has 0 unspecified atom stereocenters. The molecule has 0 bridgehead atoms. The number of aromatic amines is 1. The Hall–Kier alpha value is -1.44. The maximum atomic E-state index is 5.33. The minimum absolute atomic E-state index is 0.933. The van der Waals surface area contributed by atoms with Crippen molar-refractivity contribution in [1.29, 1.82) is 0 Å². The number of H-pyrrole nitrogens is 1. The van der Waals surface area contributed by atoms with Crippen molar-refractivity contribution in [3.8, 4) is 11.5 Å². The molecule has 2 aromatic rings. The lowest BCUT2D eigenvalue weighted by Crippen LogP contribution is -1.74. The maximum Gasteiger partial charge on any atom is 0.152 e. The molecule has 2 heteroatoms. The lowest BCUT2D eigenvalue weighted by Gasteiger charge is -1.92. The van der Waals surface area contributed by atoms with Gasteiger partial charge in [0.25, 0.3) is 0 Å². The van der Waals surface area contributed by atoms with Gasteiger partial charge in [0.2, 0.25) is 0 Å². The molecule has 0 aromatic carbocycles. The first-order valence-corrected chi connectivity index (χ1v) is 3.97. The summed E-state index contributed by atoms with van der Waals surface area (Å²) in [5.74, 6) is 0.933. The van der Waals surface area contributed by atoms with E-state index in [1.54, 1.807) is 6.26 Å². The molecule has 1 N–H and O–H groups in total. The lowest BCUT2D eigenvalue weighted by molar-refractivity contribution is 0.579. The highest BCUT2D eigenvalue weighted by Crippen LogP contribution is 2.23. The van der Waals surface area contributed by atoms with Crippen LogP contribution in [0.5, 0.6) is 0 Å². The zero-order chi connectivity index (χ0) is 8.55. The van der Waals surface area contributed by atoms with E-state index < -0.39 is 0 Å². The van der Waals surface area contributed by atoms with E-state index in [0.717, 1.165) is 17.0 Å². The van der Waals surface area contributed by atoms with Gasteiger partial charge in [-0.25, -0.2) is 0 Å². The van der Waals surface area contributed by atoms with Crippen LogP contribution >= 0.6 is 0 Å². The fourth-order valence-corrected chi connectivity index (χ4v) is 1.28. The average Bonchev–Trinajstić information content (AvgIpc) is 2.58. The Balaban J connectivity index is 2.50. The van der Waals surface area contributed by atoms with Gasteiger partial charge in [-0.1, -0.05) is 0 Å². The second kappa shape index (κ2) is 2.55.